The van der Waals surface area contributed by atoms with E-state index >= 15 is 0 Å². The number of nitrogens with two attached hydrogens (primary N) is 1. The summed E-state index contributed by atoms with van der Waals surface area (Å²) in [5.74, 6) is -0.0936. The third kappa shape index (κ3) is 2.90. The number of nitrogens with zero attached hydrogens (tertiary/aromatic N) is 2. The molecule has 2 aliphatic heterocycles. The Morgan fingerprint density at radius 1 is 1.25 bits per heavy atom. The molecule has 2 heterocycles. The second kappa shape index (κ2) is 5.84. The first kappa shape index (κ1) is 16.9. The fraction of sp³-hybridized carbons (Fsp3) is 0.556. The fourth-order valence-electron chi connectivity index (χ4n) is 4.06. The van der Waals surface area contributed by atoms with Crippen molar-refractivity contribution < 1.29 is 14.0 Å². The van der Waals surface area contributed by atoms with Crippen LogP contribution in [0.1, 0.15) is 32.4 Å². The molecule has 0 radical (unpaired) electrons. The molecule has 1 aromatic rings. The lowest BCUT2D eigenvalue weighted by Crippen LogP contribution is -2.51. The largest absolute Gasteiger partial charge is 0.340 e. The van der Waals surface area contributed by atoms with E-state index in [2.05, 4.69) is 0 Å². The van der Waals surface area contributed by atoms with Gasteiger partial charge in [-0.3, -0.25) is 9.59 Å². The number of halogens is 1. The minimum Gasteiger partial charge on any atom is -0.340 e. The van der Waals surface area contributed by atoms with Crippen LogP contribution in [0.3, 0.4) is 0 Å². The monoisotopic (exact) mass is 333 g/mol. The van der Waals surface area contributed by atoms with Gasteiger partial charge in [0, 0.05) is 38.4 Å². The quantitative estimate of drug-likeness (QED) is 0.893. The maximum Gasteiger partial charge on any atom is 0.242 e. The van der Waals surface area contributed by atoms with Crippen LogP contribution >= 0.6 is 0 Å². The number of carbonyl (C=O) groups excluding carboxylic acids is 2. The van der Waals surface area contributed by atoms with Crippen LogP contribution in [-0.2, 0) is 9.59 Å². The maximum atomic E-state index is 13.7. The van der Waals surface area contributed by atoms with Crippen molar-refractivity contribution in [1.29, 1.82) is 0 Å². The second-order valence-corrected chi connectivity index (χ2v) is 7.53. The standard InChI is InChI=1S/C18H24FN3O2/c1-11(23)22-9-13-8-21(17(24)18(2,3)20)10-15(13)16(22)12-5-4-6-14(19)7-12/h4-7,13,15-16H,8-10,20H2,1-3H3/t13-,15-,16-/m1/s1. The number of amides is 2. The van der Waals surface area contributed by atoms with Gasteiger partial charge < -0.3 is 15.5 Å². The van der Waals surface area contributed by atoms with Crippen molar-refractivity contribution in [2.45, 2.75) is 32.4 Å². The van der Waals surface area contributed by atoms with Crippen molar-refractivity contribution in [3.63, 3.8) is 0 Å². The Hall–Kier alpha value is -1.95. The van der Waals surface area contributed by atoms with Gasteiger partial charge in [-0.2, -0.15) is 0 Å². The molecule has 0 aliphatic carbocycles. The van der Waals surface area contributed by atoms with Gasteiger partial charge in [-0.15, -0.1) is 0 Å². The van der Waals surface area contributed by atoms with E-state index in [4.69, 9.17) is 5.73 Å². The van der Waals surface area contributed by atoms with Gasteiger partial charge in [0.1, 0.15) is 5.82 Å². The molecule has 2 aliphatic rings. The van der Waals surface area contributed by atoms with E-state index in [1.165, 1.54) is 12.1 Å². The molecule has 130 valence electrons. The summed E-state index contributed by atoms with van der Waals surface area (Å²) in [7, 11) is 0. The van der Waals surface area contributed by atoms with E-state index in [-0.39, 0.29) is 35.5 Å². The van der Waals surface area contributed by atoms with Crippen LogP contribution in [0.2, 0.25) is 0 Å². The highest BCUT2D eigenvalue weighted by Gasteiger charge is 2.50. The normalized spacial score (nSPS) is 26.6. The van der Waals surface area contributed by atoms with Gasteiger partial charge in [0.15, 0.2) is 0 Å². The minimum absolute atomic E-state index is 0.0179. The first-order valence-corrected chi connectivity index (χ1v) is 8.29. The van der Waals surface area contributed by atoms with Crippen molar-refractivity contribution in [3.05, 3.63) is 35.6 Å². The zero-order chi connectivity index (χ0) is 17.6. The molecule has 0 unspecified atom stereocenters. The van der Waals surface area contributed by atoms with E-state index in [1.54, 1.807) is 36.6 Å². The van der Waals surface area contributed by atoms with Crippen LogP contribution in [0.4, 0.5) is 4.39 Å². The van der Waals surface area contributed by atoms with Crippen molar-refractivity contribution in [2.24, 2.45) is 17.6 Å². The second-order valence-electron chi connectivity index (χ2n) is 7.53. The van der Waals surface area contributed by atoms with Gasteiger partial charge in [0.25, 0.3) is 0 Å². The van der Waals surface area contributed by atoms with Crippen molar-refractivity contribution in [3.8, 4) is 0 Å². The molecule has 3 atom stereocenters. The smallest absolute Gasteiger partial charge is 0.242 e. The van der Waals surface area contributed by atoms with Gasteiger partial charge in [-0.25, -0.2) is 4.39 Å². The summed E-state index contributed by atoms with van der Waals surface area (Å²) in [5, 5.41) is 0. The zero-order valence-electron chi connectivity index (χ0n) is 14.3. The third-order valence-electron chi connectivity index (χ3n) is 5.10. The summed E-state index contributed by atoms with van der Waals surface area (Å²) in [5.41, 5.74) is 5.83. The number of hydrogen-bond donors (Lipinski definition) is 1. The first-order valence-electron chi connectivity index (χ1n) is 8.29. The predicted molar refractivity (Wildman–Crippen MR) is 88.4 cm³/mol. The summed E-state index contributed by atoms with van der Waals surface area (Å²) >= 11 is 0. The molecular weight excluding hydrogens is 309 g/mol. The van der Waals surface area contributed by atoms with E-state index < -0.39 is 5.54 Å². The van der Waals surface area contributed by atoms with Crippen LogP contribution in [-0.4, -0.2) is 46.8 Å². The van der Waals surface area contributed by atoms with Crippen molar-refractivity contribution in [1.82, 2.24) is 9.80 Å². The van der Waals surface area contributed by atoms with Crippen molar-refractivity contribution >= 4 is 11.8 Å². The summed E-state index contributed by atoms with van der Waals surface area (Å²) < 4.78 is 13.7. The number of hydrogen-bond acceptors (Lipinski definition) is 3. The molecule has 24 heavy (non-hydrogen) atoms. The molecule has 6 heteroatoms. The van der Waals surface area contributed by atoms with Crippen LogP contribution in [0.15, 0.2) is 24.3 Å². The minimum atomic E-state index is -0.909. The maximum absolute atomic E-state index is 13.7. The Labute approximate surface area is 141 Å². The van der Waals surface area contributed by atoms with E-state index in [1.807, 2.05) is 6.07 Å². The molecule has 0 aromatic heterocycles. The van der Waals surface area contributed by atoms with Crippen LogP contribution in [0.25, 0.3) is 0 Å². The highest BCUT2D eigenvalue weighted by molar-refractivity contribution is 5.85. The molecule has 2 amide bonds. The van der Waals surface area contributed by atoms with E-state index in [0.717, 1.165) is 5.56 Å². The van der Waals surface area contributed by atoms with Gasteiger partial charge in [0.05, 0.1) is 11.6 Å². The third-order valence-corrected chi connectivity index (χ3v) is 5.10. The molecule has 3 rings (SSSR count). The Morgan fingerprint density at radius 2 is 1.96 bits per heavy atom. The lowest BCUT2D eigenvalue weighted by molar-refractivity contribution is -0.135. The Kier molecular flexibility index (Phi) is 4.11. The molecule has 0 saturated carbocycles. The molecule has 5 nitrogen and oxygen atoms in total. The SMILES string of the molecule is CC(=O)N1C[C@H]2CN(C(=O)C(C)(C)N)C[C@H]2[C@H]1c1cccc(F)c1. The lowest BCUT2D eigenvalue weighted by Gasteiger charge is -2.31. The highest BCUT2D eigenvalue weighted by atomic mass is 19.1. The summed E-state index contributed by atoms with van der Waals surface area (Å²) in [6.07, 6.45) is 0. The predicted octanol–water partition coefficient (Wildman–Crippen LogP) is 1.54. The van der Waals surface area contributed by atoms with Gasteiger partial charge >= 0.3 is 0 Å². The number of likely N-dealkylation sites (tertiary alicyclic amines) is 2. The summed E-state index contributed by atoms with van der Waals surface area (Å²) in [6, 6.07) is 6.21. The number of fused-ring (bicyclic) bond motifs is 1. The van der Waals surface area contributed by atoms with Crippen LogP contribution in [0.5, 0.6) is 0 Å². The van der Waals surface area contributed by atoms with E-state index in [0.29, 0.717) is 19.6 Å². The molecule has 0 bridgehead atoms. The highest BCUT2D eigenvalue weighted by Crippen LogP contribution is 2.45. The van der Waals surface area contributed by atoms with Gasteiger partial charge in [0.2, 0.25) is 11.8 Å². The molecule has 0 spiro atoms. The molecular formula is C18H24FN3O2. The van der Waals surface area contributed by atoms with Gasteiger partial charge in [-0.05, 0) is 31.5 Å². The van der Waals surface area contributed by atoms with Crippen molar-refractivity contribution in [2.75, 3.05) is 19.6 Å². The Bertz CT molecular complexity index is 670. The van der Waals surface area contributed by atoms with E-state index in [9.17, 15) is 14.0 Å². The molecule has 2 saturated heterocycles. The fourth-order valence-corrected chi connectivity index (χ4v) is 4.06. The lowest BCUT2D eigenvalue weighted by atomic mass is 9.89. The summed E-state index contributed by atoms with van der Waals surface area (Å²) in [4.78, 5) is 28.1. The first-order chi connectivity index (χ1) is 11.2. The topological polar surface area (TPSA) is 66.6 Å². The number of carbonyl (C=O) groups is 2. The number of benzene rings is 1. The zero-order valence-corrected chi connectivity index (χ0v) is 14.3. The average Bonchev–Trinajstić information content (AvgIpc) is 3.02. The van der Waals surface area contributed by atoms with Crippen LogP contribution in [0, 0.1) is 17.7 Å². The molecule has 2 fully saturated rings. The Morgan fingerprint density at radius 3 is 2.54 bits per heavy atom. The molecule has 1 aromatic carbocycles. The van der Waals surface area contributed by atoms with Gasteiger partial charge in [-0.1, -0.05) is 12.1 Å². The molecule has 2 N–H and O–H groups in total. The number of rotatable bonds is 2. The van der Waals surface area contributed by atoms with Crippen LogP contribution < -0.4 is 5.73 Å². The average molecular weight is 333 g/mol. The Balaban J connectivity index is 1.89. The summed E-state index contributed by atoms with van der Waals surface area (Å²) in [6.45, 7) is 6.69.